The summed E-state index contributed by atoms with van der Waals surface area (Å²) in [5.41, 5.74) is 0. The van der Waals surface area contributed by atoms with Gasteiger partial charge in [-0.25, -0.2) is 4.79 Å². The van der Waals surface area contributed by atoms with Crippen molar-refractivity contribution in [2.75, 3.05) is 51.1 Å². The minimum absolute atomic E-state index is 0.253. The molecule has 0 radical (unpaired) electrons. The molecule has 0 saturated heterocycles. The normalized spacial score (nSPS) is 12.2. The number of alkyl carbamates (subject to hydrolysis) is 1. The van der Waals surface area contributed by atoms with E-state index in [-0.39, 0.29) is 6.09 Å². The zero-order chi connectivity index (χ0) is 27.2. The second-order valence-corrected chi connectivity index (χ2v) is 13.5. The number of carbonyl (C=O) groups excluding carboxylic acids is 1. The molecule has 4 nitrogen and oxygen atoms in total. The van der Waals surface area contributed by atoms with E-state index in [0.29, 0.717) is 18.4 Å². The minimum Gasteiger partial charge on any atom is -0.448 e. The first-order chi connectivity index (χ1) is 18.1. The van der Waals surface area contributed by atoms with Crippen LogP contribution in [0.4, 0.5) is 4.79 Å². The molecular formula is C31H64N2O2S2. The number of nitrogens with one attached hydrogen (secondary N) is 1. The van der Waals surface area contributed by atoms with E-state index in [1.807, 2.05) is 11.8 Å². The Labute approximate surface area is 241 Å². The van der Waals surface area contributed by atoms with E-state index in [1.165, 1.54) is 127 Å². The third-order valence-corrected chi connectivity index (χ3v) is 9.47. The van der Waals surface area contributed by atoms with Crippen molar-refractivity contribution >= 4 is 29.6 Å². The fourth-order valence-electron chi connectivity index (χ4n) is 4.34. The van der Waals surface area contributed by atoms with Gasteiger partial charge < -0.3 is 15.0 Å². The van der Waals surface area contributed by atoms with Crippen LogP contribution in [-0.4, -0.2) is 67.3 Å². The number of ether oxygens (including phenoxy) is 1. The zero-order valence-corrected chi connectivity index (χ0v) is 27.0. The fourth-order valence-corrected chi connectivity index (χ4v) is 6.82. The molecule has 6 heteroatoms. The molecule has 1 N–H and O–H groups in total. The van der Waals surface area contributed by atoms with Gasteiger partial charge in [0.2, 0.25) is 0 Å². The van der Waals surface area contributed by atoms with Crippen LogP contribution in [0.3, 0.4) is 0 Å². The molecule has 37 heavy (non-hydrogen) atoms. The highest BCUT2D eigenvalue weighted by Gasteiger charge is 2.13. The summed E-state index contributed by atoms with van der Waals surface area (Å²) in [7, 11) is 4.11. The lowest BCUT2D eigenvalue weighted by Crippen LogP contribution is -2.30. The van der Waals surface area contributed by atoms with Gasteiger partial charge >= 0.3 is 6.09 Å². The summed E-state index contributed by atoms with van der Waals surface area (Å²) in [5, 5.41) is 3.32. The van der Waals surface area contributed by atoms with E-state index >= 15 is 0 Å². The number of amides is 1. The van der Waals surface area contributed by atoms with E-state index in [1.54, 1.807) is 0 Å². The summed E-state index contributed by atoms with van der Waals surface area (Å²) in [5.74, 6) is 3.52. The molecule has 0 bridgehead atoms. The first-order valence-electron chi connectivity index (χ1n) is 15.8. The smallest absolute Gasteiger partial charge is 0.407 e. The average molecular weight is 561 g/mol. The molecule has 222 valence electrons. The first kappa shape index (κ1) is 36.9. The largest absolute Gasteiger partial charge is 0.448 e. The number of unbranched alkanes of at least 4 members (excludes halogenated alkanes) is 16. The van der Waals surface area contributed by atoms with Gasteiger partial charge in [-0.3, -0.25) is 0 Å². The van der Waals surface area contributed by atoms with E-state index in [0.717, 1.165) is 18.7 Å². The van der Waals surface area contributed by atoms with Gasteiger partial charge in [-0.2, -0.15) is 23.5 Å². The van der Waals surface area contributed by atoms with Crippen LogP contribution in [0.15, 0.2) is 0 Å². The standard InChI is InChI=1S/C31H64N2O2S2/c1-5-7-9-11-13-15-17-19-21-26-36-29-30(28-35-31(34)32-24-23-25-33(3)4)37-27-22-20-18-16-14-12-10-8-6-2/h30H,5-29H2,1-4H3,(H,32,34). The van der Waals surface area contributed by atoms with Gasteiger partial charge in [0.05, 0.1) is 0 Å². The average Bonchev–Trinajstić information content (AvgIpc) is 2.88. The summed E-state index contributed by atoms with van der Waals surface area (Å²) >= 11 is 4.08. The van der Waals surface area contributed by atoms with Crippen LogP contribution < -0.4 is 5.32 Å². The van der Waals surface area contributed by atoms with E-state index in [4.69, 9.17) is 4.74 Å². The van der Waals surface area contributed by atoms with Crippen molar-refractivity contribution in [3.63, 3.8) is 0 Å². The third-order valence-electron chi connectivity index (χ3n) is 6.75. The monoisotopic (exact) mass is 560 g/mol. The molecular weight excluding hydrogens is 496 g/mol. The Morgan fingerprint density at radius 2 is 1.19 bits per heavy atom. The Morgan fingerprint density at radius 3 is 1.70 bits per heavy atom. The van der Waals surface area contributed by atoms with Gasteiger partial charge in [0, 0.05) is 17.5 Å². The van der Waals surface area contributed by atoms with Crippen molar-refractivity contribution in [2.45, 2.75) is 141 Å². The summed E-state index contributed by atoms with van der Waals surface area (Å²) in [6.45, 7) is 6.76. The van der Waals surface area contributed by atoms with Crippen molar-refractivity contribution in [1.82, 2.24) is 10.2 Å². The van der Waals surface area contributed by atoms with Gasteiger partial charge in [-0.1, -0.05) is 117 Å². The maximum absolute atomic E-state index is 12.1. The Hall–Kier alpha value is -0.0700. The molecule has 0 aromatic rings. The molecule has 0 aliphatic carbocycles. The van der Waals surface area contributed by atoms with Crippen molar-refractivity contribution < 1.29 is 9.53 Å². The van der Waals surface area contributed by atoms with E-state index < -0.39 is 0 Å². The van der Waals surface area contributed by atoms with Crippen LogP contribution >= 0.6 is 23.5 Å². The highest BCUT2D eigenvalue weighted by molar-refractivity contribution is 8.03. The SMILES string of the molecule is CCCCCCCCCCCSCC(COC(=O)NCCCN(C)C)SCCCCCCCCCCC. The Balaban J connectivity index is 4.01. The highest BCUT2D eigenvalue weighted by atomic mass is 32.2. The van der Waals surface area contributed by atoms with Crippen LogP contribution in [-0.2, 0) is 4.74 Å². The lowest BCUT2D eigenvalue weighted by Gasteiger charge is -2.17. The summed E-state index contributed by atoms with van der Waals surface area (Å²) in [4.78, 5) is 14.3. The van der Waals surface area contributed by atoms with Gasteiger partial charge in [0.25, 0.3) is 0 Å². The Morgan fingerprint density at radius 1 is 0.703 bits per heavy atom. The lowest BCUT2D eigenvalue weighted by atomic mass is 10.1. The maximum Gasteiger partial charge on any atom is 0.407 e. The molecule has 0 rings (SSSR count). The number of thioether (sulfide) groups is 2. The van der Waals surface area contributed by atoms with Crippen molar-refractivity contribution in [3.8, 4) is 0 Å². The van der Waals surface area contributed by atoms with Crippen LogP contribution in [0.25, 0.3) is 0 Å². The third kappa shape index (κ3) is 30.3. The van der Waals surface area contributed by atoms with E-state index in [2.05, 4.69) is 49.9 Å². The number of hydrogen-bond acceptors (Lipinski definition) is 5. The maximum atomic E-state index is 12.1. The number of hydrogen-bond donors (Lipinski definition) is 1. The number of rotatable bonds is 29. The number of carbonyl (C=O) groups is 1. The predicted molar refractivity (Wildman–Crippen MR) is 171 cm³/mol. The summed E-state index contributed by atoms with van der Waals surface area (Å²) in [6, 6.07) is 0. The quantitative estimate of drug-likeness (QED) is 0.0922. The second kappa shape index (κ2) is 30.5. The zero-order valence-electron chi connectivity index (χ0n) is 25.3. The van der Waals surface area contributed by atoms with Crippen LogP contribution in [0.2, 0.25) is 0 Å². The van der Waals surface area contributed by atoms with Gasteiger partial charge in [0.15, 0.2) is 0 Å². The molecule has 1 atom stereocenters. The van der Waals surface area contributed by atoms with Gasteiger partial charge in [-0.05, 0) is 51.4 Å². The van der Waals surface area contributed by atoms with Crippen LogP contribution in [0, 0.1) is 0 Å². The van der Waals surface area contributed by atoms with Gasteiger partial charge in [-0.15, -0.1) is 0 Å². The number of nitrogens with zero attached hydrogens (tertiary/aromatic N) is 1. The first-order valence-corrected chi connectivity index (χ1v) is 18.0. The van der Waals surface area contributed by atoms with E-state index in [9.17, 15) is 4.79 Å². The molecule has 0 aromatic carbocycles. The topological polar surface area (TPSA) is 41.6 Å². The van der Waals surface area contributed by atoms with Gasteiger partial charge in [0.1, 0.15) is 6.61 Å². The summed E-state index contributed by atoms with van der Waals surface area (Å²) < 4.78 is 5.61. The predicted octanol–water partition coefficient (Wildman–Crippen LogP) is 9.56. The molecule has 0 aromatic heterocycles. The molecule has 1 unspecified atom stereocenters. The van der Waals surface area contributed by atoms with Crippen molar-refractivity contribution in [1.29, 1.82) is 0 Å². The minimum atomic E-state index is -0.253. The van der Waals surface area contributed by atoms with Crippen LogP contribution in [0.1, 0.15) is 136 Å². The molecule has 0 fully saturated rings. The second-order valence-electron chi connectivity index (χ2n) is 10.9. The Bertz CT molecular complexity index is 466. The molecule has 0 aliphatic heterocycles. The fraction of sp³-hybridized carbons (Fsp3) is 0.968. The Kier molecular flexibility index (Phi) is 30.4. The molecule has 1 amide bonds. The molecule has 0 aliphatic rings. The van der Waals surface area contributed by atoms with Crippen molar-refractivity contribution in [2.24, 2.45) is 0 Å². The lowest BCUT2D eigenvalue weighted by molar-refractivity contribution is 0.147. The molecule has 0 heterocycles. The van der Waals surface area contributed by atoms with Crippen molar-refractivity contribution in [3.05, 3.63) is 0 Å². The molecule has 0 spiro atoms. The summed E-state index contributed by atoms with van der Waals surface area (Å²) in [6.07, 6.45) is 25.5. The molecule has 0 saturated carbocycles. The highest BCUT2D eigenvalue weighted by Crippen LogP contribution is 2.21. The van der Waals surface area contributed by atoms with Crippen LogP contribution in [0.5, 0.6) is 0 Å².